The predicted octanol–water partition coefficient (Wildman–Crippen LogP) is -0.00180. The Balaban J connectivity index is 0. The van der Waals surface area contributed by atoms with Gasteiger partial charge in [-0.05, 0) is 25.7 Å². The normalized spacial score (nSPS) is 30.6. The number of rotatable bonds is 2. The molecule has 132 valence electrons. The molecular formula is C12H24Cl2N2O6. The summed E-state index contributed by atoms with van der Waals surface area (Å²) in [4.78, 5) is 20.6. The lowest BCUT2D eigenvalue weighted by Crippen LogP contribution is -2.38. The Morgan fingerprint density at radius 3 is 1.32 bits per heavy atom. The van der Waals surface area contributed by atoms with Crippen LogP contribution in [0.5, 0.6) is 0 Å². The zero-order valence-electron chi connectivity index (χ0n) is 12.1. The van der Waals surface area contributed by atoms with E-state index in [1.165, 1.54) is 0 Å². The Morgan fingerprint density at radius 2 is 1.14 bits per heavy atom. The molecule has 8 nitrogen and oxygen atoms in total. The maximum absolute atomic E-state index is 10.3. The highest BCUT2D eigenvalue weighted by Crippen LogP contribution is 2.12. The second kappa shape index (κ2) is 11.9. The summed E-state index contributed by atoms with van der Waals surface area (Å²) in [5.41, 5.74) is 11.0. The van der Waals surface area contributed by atoms with Crippen molar-refractivity contribution in [2.75, 3.05) is 13.2 Å². The van der Waals surface area contributed by atoms with Gasteiger partial charge in [-0.2, -0.15) is 0 Å². The van der Waals surface area contributed by atoms with Crippen molar-refractivity contribution >= 4 is 36.8 Å². The van der Waals surface area contributed by atoms with Crippen LogP contribution in [-0.4, -0.2) is 59.7 Å². The third kappa shape index (κ3) is 8.72. The fourth-order valence-corrected chi connectivity index (χ4v) is 1.99. The molecule has 0 amide bonds. The number of carboxylic acids is 2. The monoisotopic (exact) mass is 362 g/mol. The lowest BCUT2D eigenvalue weighted by molar-refractivity contribution is -0.154. The van der Waals surface area contributed by atoms with Gasteiger partial charge in [0.1, 0.15) is 0 Å². The molecule has 2 fully saturated rings. The molecule has 2 heterocycles. The number of hydrogen-bond acceptors (Lipinski definition) is 6. The number of nitrogens with two attached hydrogens (primary N) is 2. The highest BCUT2D eigenvalue weighted by Gasteiger charge is 2.25. The lowest BCUT2D eigenvalue weighted by Gasteiger charge is -2.23. The molecule has 0 radical (unpaired) electrons. The van der Waals surface area contributed by atoms with E-state index in [0.717, 1.165) is 12.8 Å². The van der Waals surface area contributed by atoms with Gasteiger partial charge in [0.15, 0.2) is 12.2 Å². The van der Waals surface area contributed by atoms with Gasteiger partial charge in [0.05, 0.1) is 0 Å². The molecule has 2 aliphatic rings. The molecule has 2 rings (SSSR count). The topological polar surface area (TPSA) is 145 Å². The fourth-order valence-electron chi connectivity index (χ4n) is 1.99. The number of hydrogen-bond donors (Lipinski definition) is 4. The number of halogens is 2. The van der Waals surface area contributed by atoms with Crippen LogP contribution in [0.25, 0.3) is 0 Å². The third-order valence-corrected chi connectivity index (χ3v) is 3.20. The zero-order chi connectivity index (χ0) is 15.1. The minimum Gasteiger partial charge on any atom is -0.479 e. The summed E-state index contributed by atoms with van der Waals surface area (Å²) in [5, 5.41) is 17.0. The molecule has 10 heteroatoms. The van der Waals surface area contributed by atoms with Crippen molar-refractivity contribution in [1.29, 1.82) is 0 Å². The highest BCUT2D eigenvalue weighted by atomic mass is 35.5. The Bertz CT molecular complexity index is 316. The second-order valence-corrected chi connectivity index (χ2v) is 4.96. The predicted molar refractivity (Wildman–Crippen MR) is 83.7 cm³/mol. The number of ether oxygens (including phenoxy) is 2. The Labute approximate surface area is 141 Å². The van der Waals surface area contributed by atoms with Crippen LogP contribution in [0.3, 0.4) is 0 Å². The molecule has 6 N–H and O–H groups in total. The van der Waals surface area contributed by atoms with E-state index >= 15 is 0 Å². The van der Waals surface area contributed by atoms with Gasteiger partial charge in [-0.1, -0.05) is 0 Å². The summed E-state index contributed by atoms with van der Waals surface area (Å²) in [7, 11) is 0. The first kappa shape index (κ1) is 23.6. The Hall–Kier alpha value is -0.640. The molecule has 0 saturated carbocycles. The summed E-state index contributed by atoms with van der Waals surface area (Å²) in [6.45, 7) is 0.941. The molecule has 0 aromatic carbocycles. The van der Waals surface area contributed by atoms with E-state index in [9.17, 15) is 9.59 Å². The van der Waals surface area contributed by atoms with Crippen molar-refractivity contribution in [2.24, 2.45) is 11.5 Å². The molecule has 4 atom stereocenters. The highest BCUT2D eigenvalue weighted by molar-refractivity contribution is 5.85. The molecule has 0 aromatic rings. The smallest absolute Gasteiger partial charge is 0.332 e. The van der Waals surface area contributed by atoms with Crippen molar-refractivity contribution < 1.29 is 29.3 Å². The Morgan fingerprint density at radius 1 is 0.818 bits per heavy atom. The van der Waals surface area contributed by atoms with Gasteiger partial charge >= 0.3 is 11.9 Å². The largest absolute Gasteiger partial charge is 0.479 e. The standard InChI is InChI=1S/2C6H11NO3.2ClH/c2*7-4-1-2-10-5(3-4)6(8)9;;/h2*4-5H,1-3,7H2,(H,8,9);2*1H/t2*4-,5+;;/m10../s1. The van der Waals surface area contributed by atoms with Crippen molar-refractivity contribution in [3.8, 4) is 0 Å². The summed E-state index contributed by atoms with van der Waals surface area (Å²) < 4.78 is 9.86. The number of carbonyl (C=O) groups is 2. The zero-order valence-corrected chi connectivity index (χ0v) is 13.7. The molecule has 22 heavy (non-hydrogen) atoms. The van der Waals surface area contributed by atoms with Crippen molar-refractivity contribution in [2.45, 2.75) is 50.0 Å². The van der Waals surface area contributed by atoms with E-state index in [4.69, 9.17) is 31.2 Å². The molecule has 0 aliphatic carbocycles. The molecule has 2 aliphatic heterocycles. The summed E-state index contributed by atoms with van der Waals surface area (Å²) in [6.07, 6.45) is 1.06. The Kier molecular flexibility index (Phi) is 12.7. The lowest BCUT2D eigenvalue weighted by atomic mass is 10.0. The second-order valence-electron chi connectivity index (χ2n) is 4.96. The fraction of sp³-hybridized carbons (Fsp3) is 0.833. The first-order chi connectivity index (χ1) is 9.40. The van der Waals surface area contributed by atoms with Crippen molar-refractivity contribution in [3.63, 3.8) is 0 Å². The average molecular weight is 363 g/mol. The van der Waals surface area contributed by atoms with Gasteiger partial charge in [-0.3, -0.25) is 0 Å². The van der Waals surface area contributed by atoms with Gasteiger partial charge in [-0.25, -0.2) is 9.59 Å². The van der Waals surface area contributed by atoms with E-state index < -0.39 is 24.1 Å². The molecule has 0 unspecified atom stereocenters. The molecule has 0 aromatic heterocycles. The van der Waals surface area contributed by atoms with Gasteiger partial charge in [0.2, 0.25) is 0 Å². The first-order valence-electron chi connectivity index (χ1n) is 6.60. The SMILES string of the molecule is Cl.Cl.N[C@@H]1CCO[C@H](C(=O)O)C1.N[C@H]1CCO[C@@H](C(=O)O)C1. The van der Waals surface area contributed by atoms with E-state index in [-0.39, 0.29) is 36.9 Å². The molecule has 2 saturated heterocycles. The van der Waals surface area contributed by atoms with Crippen LogP contribution in [0.15, 0.2) is 0 Å². The average Bonchev–Trinajstić information content (AvgIpc) is 2.39. The van der Waals surface area contributed by atoms with Crippen LogP contribution in [-0.2, 0) is 19.1 Å². The first-order valence-corrected chi connectivity index (χ1v) is 6.60. The van der Waals surface area contributed by atoms with Crippen LogP contribution in [0.2, 0.25) is 0 Å². The molecule has 0 bridgehead atoms. The van der Waals surface area contributed by atoms with Crippen LogP contribution in [0.4, 0.5) is 0 Å². The summed E-state index contributed by atoms with van der Waals surface area (Å²) in [5.74, 6) is -1.81. The van der Waals surface area contributed by atoms with Gasteiger partial charge in [0, 0.05) is 25.3 Å². The van der Waals surface area contributed by atoms with Gasteiger partial charge < -0.3 is 31.2 Å². The summed E-state index contributed by atoms with van der Waals surface area (Å²) in [6, 6.07) is -0.00954. The third-order valence-electron chi connectivity index (χ3n) is 3.20. The van der Waals surface area contributed by atoms with E-state index in [2.05, 4.69) is 0 Å². The maximum Gasteiger partial charge on any atom is 0.332 e. The minimum atomic E-state index is -0.907. The number of aliphatic carboxylic acids is 2. The quantitative estimate of drug-likeness (QED) is 0.536. The van der Waals surface area contributed by atoms with Gasteiger partial charge in [0.25, 0.3) is 0 Å². The van der Waals surface area contributed by atoms with Crippen LogP contribution < -0.4 is 11.5 Å². The van der Waals surface area contributed by atoms with E-state index in [1.54, 1.807) is 0 Å². The summed E-state index contributed by atoms with van der Waals surface area (Å²) >= 11 is 0. The minimum absolute atomic E-state index is 0. The van der Waals surface area contributed by atoms with Crippen LogP contribution in [0, 0.1) is 0 Å². The molecular weight excluding hydrogens is 339 g/mol. The van der Waals surface area contributed by atoms with Crippen molar-refractivity contribution in [3.05, 3.63) is 0 Å². The maximum atomic E-state index is 10.3. The molecule has 0 spiro atoms. The van der Waals surface area contributed by atoms with Gasteiger partial charge in [-0.15, -0.1) is 24.8 Å². The van der Waals surface area contributed by atoms with E-state index in [1.807, 2.05) is 0 Å². The van der Waals surface area contributed by atoms with Crippen molar-refractivity contribution in [1.82, 2.24) is 0 Å². The van der Waals surface area contributed by atoms with Crippen LogP contribution >= 0.6 is 24.8 Å². The van der Waals surface area contributed by atoms with Crippen LogP contribution in [0.1, 0.15) is 25.7 Å². The van der Waals surface area contributed by atoms with E-state index in [0.29, 0.717) is 26.1 Å². The number of carboxylic acid groups (broad SMARTS) is 2.